The van der Waals surface area contributed by atoms with Gasteiger partial charge in [-0.1, -0.05) is 39.0 Å². The Hall–Kier alpha value is -1.38. The largest absolute Gasteiger partial charge is 0.298 e. The highest BCUT2D eigenvalue weighted by molar-refractivity contribution is 7.86. The Kier molecular flexibility index (Phi) is 3.91. The SMILES string of the molecule is CC(C)(C)[C@@H](C#N)OS(=O)(=O)c1ccccc1. The molecule has 0 heterocycles. The molecule has 0 unspecified atom stereocenters. The molecule has 0 saturated carbocycles. The predicted molar refractivity (Wildman–Crippen MR) is 63.6 cm³/mol. The van der Waals surface area contributed by atoms with Crippen LogP contribution in [0.3, 0.4) is 0 Å². The smallest absolute Gasteiger partial charge is 0.247 e. The number of rotatable bonds is 3. The second-order valence-electron chi connectivity index (χ2n) is 4.74. The summed E-state index contributed by atoms with van der Waals surface area (Å²) in [5, 5.41) is 8.93. The van der Waals surface area contributed by atoms with Crippen molar-refractivity contribution in [3.8, 4) is 6.07 Å². The maximum Gasteiger partial charge on any atom is 0.298 e. The average Bonchev–Trinajstić information content (AvgIpc) is 2.25. The van der Waals surface area contributed by atoms with Gasteiger partial charge in [-0.2, -0.15) is 13.7 Å². The van der Waals surface area contributed by atoms with E-state index in [0.29, 0.717) is 0 Å². The fraction of sp³-hybridized carbons (Fsp3) is 0.417. The minimum absolute atomic E-state index is 0.0597. The molecule has 0 aliphatic rings. The van der Waals surface area contributed by atoms with Gasteiger partial charge in [-0.25, -0.2) is 4.18 Å². The lowest BCUT2D eigenvalue weighted by Crippen LogP contribution is -2.30. The Morgan fingerprint density at radius 3 is 2.18 bits per heavy atom. The Balaban J connectivity index is 3.00. The third-order valence-corrected chi connectivity index (χ3v) is 3.45. The summed E-state index contributed by atoms with van der Waals surface area (Å²) < 4.78 is 28.7. The maximum atomic E-state index is 11.9. The zero-order valence-electron chi connectivity index (χ0n) is 10.0. The van der Waals surface area contributed by atoms with Crippen LogP contribution in [0, 0.1) is 16.7 Å². The molecule has 5 heteroatoms. The summed E-state index contributed by atoms with van der Waals surface area (Å²) in [6.07, 6.45) is -1.01. The predicted octanol–water partition coefficient (Wildman–Crippen LogP) is 2.33. The van der Waals surface area contributed by atoms with Crippen LogP contribution in [0.2, 0.25) is 0 Å². The van der Waals surface area contributed by atoms with Gasteiger partial charge in [-0.3, -0.25) is 0 Å². The minimum Gasteiger partial charge on any atom is -0.247 e. The highest BCUT2D eigenvalue weighted by Gasteiger charge is 2.31. The van der Waals surface area contributed by atoms with E-state index in [1.165, 1.54) is 12.1 Å². The summed E-state index contributed by atoms with van der Waals surface area (Å²) in [7, 11) is -3.88. The summed E-state index contributed by atoms with van der Waals surface area (Å²) in [4.78, 5) is 0.0597. The zero-order chi connectivity index (χ0) is 13.1. The van der Waals surface area contributed by atoms with Crippen molar-refractivity contribution in [2.24, 2.45) is 5.41 Å². The van der Waals surface area contributed by atoms with Crippen molar-refractivity contribution in [3.05, 3.63) is 30.3 Å². The molecule has 92 valence electrons. The summed E-state index contributed by atoms with van der Waals surface area (Å²) >= 11 is 0. The fourth-order valence-electron chi connectivity index (χ4n) is 1.13. The van der Waals surface area contributed by atoms with E-state index in [9.17, 15) is 8.42 Å². The second kappa shape index (κ2) is 4.86. The summed E-state index contributed by atoms with van der Waals surface area (Å²) in [5.41, 5.74) is -0.559. The maximum absolute atomic E-state index is 11.9. The van der Waals surface area contributed by atoms with Crippen LogP contribution in [0.1, 0.15) is 20.8 Å². The van der Waals surface area contributed by atoms with E-state index < -0.39 is 21.6 Å². The highest BCUT2D eigenvalue weighted by atomic mass is 32.2. The number of benzene rings is 1. The molecule has 4 nitrogen and oxygen atoms in total. The number of nitrogens with zero attached hydrogens (tertiary/aromatic N) is 1. The van der Waals surface area contributed by atoms with Crippen molar-refractivity contribution in [3.63, 3.8) is 0 Å². The number of hydrogen-bond donors (Lipinski definition) is 0. The summed E-state index contributed by atoms with van der Waals surface area (Å²) in [6, 6.07) is 9.66. The van der Waals surface area contributed by atoms with Crippen molar-refractivity contribution in [1.82, 2.24) is 0 Å². The minimum atomic E-state index is -3.88. The Labute approximate surface area is 102 Å². The molecule has 0 saturated heterocycles. The van der Waals surface area contributed by atoms with Gasteiger partial charge in [0.05, 0.1) is 11.0 Å². The van der Waals surface area contributed by atoms with Gasteiger partial charge in [-0.05, 0) is 12.1 Å². The van der Waals surface area contributed by atoms with Crippen LogP contribution < -0.4 is 0 Å². The molecule has 1 atom stereocenters. The topological polar surface area (TPSA) is 67.2 Å². The van der Waals surface area contributed by atoms with E-state index in [-0.39, 0.29) is 4.90 Å². The second-order valence-corrected chi connectivity index (χ2v) is 6.31. The Morgan fingerprint density at radius 1 is 1.24 bits per heavy atom. The molecule has 0 N–H and O–H groups in total. The van der Waals surface area contributed by atoms with Crippen LogP contribution >= 0.6 is 0 Å². The van der Waals surface area contributed by atoms with Crippen LogP contribution in [0.15, 0.2) is 35.2 Å². The van der Waals surface area contributed by atoms with E-state index in [2.05, 4.69) is 0 Å². The zero-order valence-corrected chi connectivity index (χ0v) is 10.9. The van der Waals surface area contributed by atoms with E-state index in [0.717, 1.165) is 0 Å². The molecule has 17 heavy (non-hydrogen) atoms. The number of hydrogen-bond acceptors (Lipinski definition) is 4. The van der Waals surface area contributed by atoms with E-state index in [1.807, 2.05) is 6.07 Å². The van der Waals surface area contributed by atoms with Crippen molar-refractivity contribution < 1.29 is 12.6 Å². The Bertz CT molecular complexity index is 509. The number of nitriles is 1. The van der Waals surface area contributed by atoms with Gasteiger partial charge in [0.1, 0.15) is 0 Å². The lowest BCUT2D eigenvalue weighted by molar-refractivity contribution is 0.141. The van der Waals surface area contributed by atoms with E-state index >= 15 is 0 Å². The first kappa shape index (κ1) is 13.7. The van der Waals surface area contributed by atoms with Crippen LogP contribution in [0.25, 0.3) is 0 Å². The molecule has 0 aliphatic heterocycles. The van der Waals surface area contributed by atoms with Gasteiger partial charge in [0, 0.05) is 5.41 Å². The van der Waals surface area contributed by atoms with Crippen molar-refractivity contribution >= 4 is 10.1 Å². The van der Waals surface area contributed by atoms with Crippen LogP contribution in [-0.2, 0) is 14.3 Å². The fourth-order valence-corrected chi connectivity index (χ4v) is 2.32. The third-order valence-electron chi connectivity index (χ3n) is 2.16. The quantitative estimate of drug-likeness (QED) is 0.775. The standard InChI is InChI=1S/C12H15NO3S/c1-12(2,3)11(9-13)16-17(14,15)10-7-5-4-6-8-10/h4-8,11H,1-3H3/t11-/m1/s1. The van der Waals surface area contributed by atoms with Crippen LogP contribution in [0.5, 0.6) is 0 Å². The lowest BCUT2D eigenvalue weighted by Gasteiger charge is -2.23. The molecular formula is C12H15NO3S. The van der Waals surface area contributed by atoms with Gasteiger partial charge in [-0.15, -0.1) is 0 Å². The van der Waals surface area contributed by atoms with Crippen molar-refractivity contribution in [2.45, 2.75) is 31.8 Å². The van der Waals surface area contributed by atoms with Crippen LogP contribution in [0.4, 0.5) is 0 Å². The normalized spacial score (nSPS) is 14.0. The molecule has 0 aromatic heterocycles. The molecule has 0 bridgehead atoms. The average molecular weight is 253 g/mol. The molecule has 0 aliphatic carbocycles. The van der Waals surface area contributed by atoms with E-state index in [4.69, 9.17) is 9.44 Å². The van der Waals surface area contributed by atoms with Crippen LogP contribution in [-0.4, -0.2) is 14.5 Å². The van der Waals surface area contributed by atoms with Gasteiger partial charge in [0.15, 0.2) is 6.10 Å². The molecule has 1 aromatic rings. The molecule has 0 spiro atoms. The molecule has 1 aromatic carbocycles. The van der Waals surface area contributed by atoms with Gasteiger partial charge in [0.2, 0.25) is 0 Å². The van der Waals surface area contributed by atoms with Gasteiger partial charge in [0.25, 0.3) is 10.1 Å². The molecule has 0 radical (unpaired) electrons. The summed E-state index contributed by atoms with van der Waals surface area (Å²) in [5.74, 6) is 0. The van der Waals surface area contributed by atoms with E-state index in [1.54, 1.807) is 39.0 Å². The lowest BCUT2D eigenvalue weighted by atomic mass is 9.90. The Morgan fingerprint density at radius 2 is 1.76 bits per heavy atom. The van der Waals surface area contributed by atoms with Crippen molar-refractivity contribution in [2.75, 3.05) is 0 Å². The summed E-state index contributed by atoms with van der Waals surface area (Å²) in [6.45, 7) is 5.25. The molecule has 0 amide bonds. The molecule has 1 rings (SSSR count). The first-order valence-electron chi connectivity index (χ1n) is 5.15. The van der Waals surface area contributed by atoms with Gasteiger partial charge < -0.3 is 0 Å². The third kappa shape index (κ3) is 3.55. The first-order chi connectivity index (χ1) is 7.77. The highest BCUT2D eigenvalue weighted by Crippen LogP contribution is 2.25. The van der Waals surface area contributed by atoms with Gasteiger partial charge >= 0.3 is 0 Å². The molecular weight excluding hydrogens is 238 g/mol. The molecule has 0 fully saturated rings. The van der Waals surface area contributed by atoms with Crippen molar-refractivity contribution in [1.29, 1.82) is 5.26 Å². The first-order valence-corrected chi connectivity index (χ1v) is 6.56. The monoisotopic (exact) mass is 253 g/mol.